The summed E-state index contributed by atoms with van der Waals surface area (Å²) in [6, 6.07) is 14.4. The van der Waals surface area contributed by atoms with Crippen LogP contribution in [0.4, 0.5) is 0 Å². The van der Waals surface area contributed by atoms with Crippen molar-refractivity contribution in [3.05, 3.63) is 58.1 Å². The lowest BCUT2D eigenvalue weighted by Crippen LogP contribution is -2.64. The Bertz CT molecular complexity index is 827. The monoisotopic (exact) mass is 418 g/mol. The molecular formula is C19H19BrN2O2S. The minimum Gasteiger partial charge on any atom is -0.497 e. The highest BCUT2D eigenvalue weighted by Gasteiger charge is 2.47. The molecule has 1 N–H and O–H groups in total. The Kier molecular flexibility index (Phi) is 4.12. The van der Waals surface area contributed by atoms with Crippen molar-refractivity contribution in [2.45, 2.75) is 31.7 Å². The molecule has 2 heterocycles. The highest BCUT2D eigenvalue weighted by atomic mass is 79.9. The zero-order chi connectivity index (χ0) is 17.6. The largest absolute Gasteiger partial charge is 0.497 e. The fourth-order valence-corrected chi connectivity index (χ4v) is 4.32. The Hall–Kier alpha value is -1.79. The Morgan fingerprint density at radius 2 is 2.08 bits per heavy atom. The van der Waals surface area contributed by atoms with Crippen LogP contribution in [0.3, 0.4) is 0 Å². The van der Waals surface area contributed by atoms with Crippen molar-refractivity contribution >= 4 is 33.3 Å². The molecule has 25 heavy (non-hydrogen) atoms. The van der Waals surface area contributed by atoms with Crippen molar-refractivity contribution in [2.75, 3.05) is 7.11 Å². The number of hydrogen-bond acceptors (Lipinski definition) is 3. The van der Waals surface area contributed by atoms with E-state index in [1.54, 1.807) is 7.11 Å². The molecule has 130 valence electrons. The summed E-state index contributed by atoms with van der Waals surface area (Å²) in [6.07, 6.45) is 0.840. The number of thiocarbonyl (C=S) groups is 1. The molecule has 2 aromatic carbocycles. The molecule has 2 aliphatic rings. The van der Waals surface area contributed by atoms with Gasteiger partial charge in [0.2, 0.25) is 0 Å². The highest BCUT2D eigenvalue weighted by Crippen LogP contribution is 2.45. The SMILES string of the molecule is COc1ccc(CN2C(=S)NC3CC2(C)Oc2ccc(Br)cc23)cc1. The first-order chi connectivity index (χ1) is 12.0. The van der Waals surface area contributed by atoms with E-state index in [2.05, 4.69) is 51.3 Å². The summed E-state index contributed by atoms with van der Waals surface area (Å²) in [5.74, 6) is 1.76. The molecule has 4 rings (SSSR count). The first-order valence-corrected chi connectivity index (χ1v) is 9.38. The van der Waals surface area contributed by atoms with E-state index in [1.165, 1.54) is 0 Å². The lowest BCUT2D eigenvalue weighted by Gasteiger charge is -2.52. The summed E-state index contributed by atoms with van der Waals surface area (Å²) < 4.78 is 12.7. The van der Waals surface area contributed by atoms with Crippen molar-refractivity contribution in [3.8, 4) is 11.5 Å². The standard InChI is InChI=1S/C19H19BrN2O2S/c1-19-10-16(15-9-13(20)5-8-17(15)24-19)21-18(25)22(19)11-12-3-6-14(23-2)7-4-12/h3-9,16H,10-11H2,1-2H3,(H,21,25). The molecule has 0 aromatic heterocycles. The van der Waals surface area contributed by atoms with Crippen molar-refractivity contribution in [1.29, 1.82) is 0 Å². The molecular weight excluding hydrogens is 400 g/mol. The molecule has 0 amide bonds. The average Bonchev–Trinajstić information content (AvgIpc) is 2.60. The summed E-state index contributed by atoms with van der Waals surface area (Å²) in [7, 11) is 1.67. The van der Waals surface area contributed by atoms with E-state index in [1.807, 2.05) is 24.3 Å². The number of hydrogen-bond donors (Lipinski definition) is 1. The van der Waals surface area contributed by atoms with E-state index >= 15 is 0 Å². The Balaban J connectivity index is 1.64. The van der Waals surface area contributed by atoms with E-state index in [4.69, 9.17) is 21.7 Å². The van der Waals surface area contributed by atoms with Gasteiger partial charge in [-0.15, -0.1) is 0 Å². The molecule has 0 radical (unpaired) electrons. The van der Waals surface area contributed by atoms with Crippen LogP contribution < -0.4 is 14.8 Å². The van der Waals surface area contributed by atoms with Crippen LogP contribution in [0, 0.1) is 0 Å². The average molecular weight is 419 g/mol. The summed E-state index contributed by atoms with van der Waals surface area (Å²) in [5, 5.41) is 4.20. The second kappa shape index (κ2) is 6.18. The summed E-state index contributed by atoms with van der Waals surface area (Å²) in [6.45, 7) is 2.80. The van der Waals surface area contributed by atoms with Crippen LogP contribution in [0.1, 0.15) is 30.5 Å². The summed E-state index contributed by atoms with van der Waals surface area (Å²) in [5.41, 5.74) is 1.85. The van der Waals surface area contributed by atoms with Gasteiger partial charge in [-0.1, -0.05) is 28.1 Å². The van der Waals surface area contributed by atoms with E-state index in [-0.39, 0.29) is 6.04 Å². The van der Waals surface area contributed by atoms with Gasteiger partial charge in [0.1, 0.15) is 11.5 Å². The molecule has 4 nitrogen and oxygen atoms in total. The number of rotatable bonds is 3. The number of ether oxygens (including phenoxy) is 2. The zero-order valence-electron chi connectivity index (χ0n) is 14.1. The molecule has 1 saturated heterocycles. The van der Waals surface area contributed by atoms with Crippen molar-refractivity contribution in [1.82, 2.24) is 10.2 Å². The maximum atomic E-state index is 6.40. The van der Waals surface area contributed by atoms with Gasteiger partial charge in [0.25, 0.3) is 0 Å². The third kappa shape index (κ3) is 2.98. The smallest absolute Gasteiger partial charge is 0.184 e. The first kappa shape index (κ1) is 16.7. The van der Waals surface area contributed by atoms with Gasteiger partial charge in [-0.2, -0.15) is 0 Å². The minimum absolute atomic E-state index is 0.172. The van der Waals surface area contributed by atoms with Gasteiger partial charge in [0.15, 0.2) is 10.8 Å². The lowest BCUT2D eigenvalue weighted by atomic mass is 9.90. The van der Waals surface area contributed by atoms with Gasteiger partial charge in [0, 0.05) is 23.0 Å². The van der Waals surface area contributed by atoms with Crippen LogP contribution in [-0.2, 0) is 6.54 Å². The summed E-state index contributed by atoms with van der Waals surface area (Å²) >= 11 is 9.20. The Morgan fingerprint density at radius 1 is 1.32 bits per heavy atom. The highest BCUT2D eigenvalue weighted by molar-refractivity contribution is 9.10. The normalized spacial score (nSPS) is 24.2. The molecule has 2 atom stereocenters. The number of nitrogens with one attached hydrogen (secondary N) is 1. The van der Waals surface area contributed by atoms with Crippen LogP contribution in [0.5, 0.6) is 11.5 Å². The maximum absolute atomic E-state index is 6.40. The van der Waals surface area contributed by atoms with E-state index < -0.39 is 5.72 Å². The van der Waals surface area contributed by atoms with Crippen LogP contribution in [0.2, 0.25) is 0 Å². The zero-order valence-corrected chi connectivity index (χ0v) is 16.5. The predicted molar refractivity (Wildman–Crippen MR) is 105 cm³/mol. The number of halogens is 1. The fourth-order valence-electron chi connectivity index (χ4n) is 3.54. The predicted octanol–water partition coefficient (Wildman–Crippen LogP) is 4.39. The maximum Gasteiger partial charge on any atom is 0.184 e. The molecule has 2 bridgehead atoms. The molecule has 0 spiro atoms. The van der Waals surface area contributed by atoms with Crippen LogP contribution in [0.15, 0.2) is 46.9 Å². The number of fused-ring (bicyclic) bond motifs is 4. The van der Waals surface area contributed by atoms with Gasteiger partial charge in [-0.25, -0.2) is 0 Å². The molecule has 0 aliphatic carbocycles. The summed E-state index contributed by atoms with van der Waals surface area (Å²) in [4.78, 5) is 2.13. The number of benzene rings is 2. The first-order valence-electron chi connectivity index (χ1n) is 8.18. The lowest BCUT2D eigenvalue weighted by molar-refractivity contribution is -0.0722. The van der Waals surface area contributed by atoms with Crippen molar-refractivity contribution in [3.63, 3.8) is 0 Å². The van der Waals surface area contributed by atoms with Crippen LogP contribution in [-0.4, -0.2) is 22.8 Å². The quantitative estimate of drug-likeness (QED) is 0.747. The molecule has 0 saturated carbocycles. The Labute approximate surface area is 161 Å². The van der Waals surface area contributed by atoms with Crippen LogP contribution in [0.25, 0.3) is 0 Å². The van der Waals surface area contributed by atoms with Gasteiger partial charge in [-0.3, -0.25) is 0 Å². The van der Waals surface area contributed by atoms with Gasteiger partial charge in [0.05, 0.1) is 13.2 Å². The fraction of sp³-hybridized carbons (Fsp3) is 0.316. The molecule has 2 aromatic rings. The molecule has 1 fully saturated rings. The molecule has 6 heteroatoms. The third-order valence-electron chi connectivity index (χ3n) is 4.87. The van der Waals surface area contributed by atoms with E-state index in [0.717, 1.165) is 38.6 Å². The van der Waals surface area contributed by atoms with E-state index in [0.29, 0.717) is 6.54 Å². The molecule has 2 aliphatic heterocycles. The van der Waals surface area contributed by atoms with Gasteiger partial charge < -0.3 is 19.7 Å². The molecule has 2 unspecified atom stereocenters. The number of methoxy groups -OCH3 is 1. The van der Waals surface area contributed by atoms with Gasteiger partial charge in [-0.05, 0) is 55.0 Å². The van der Waals surface area contributed by atoms with Gasteiger partial charge >= 0.3 is 0 Å². The third-order valence-corrected chi connectivity index (χ3v) is 5.71. The number of nitrogens with zero attached hydrogens (tertiary/aromatic N) is 1. The van der Waals surface area contributed by atoms with Crippen molar-refractivity contribution in [2.24, 2.45) is 0 Å². The minimum atomic E-state index is -0.465. The second-order valence-electron chi connectivity index (χ2n) is 6.60. The van der Waals surface area contributed by atoms with Crippen molar-refractivity contribution < 1.29 is 9.47 Å². The van der Waals surface area contributed by atoms with Crippen LogP contribution >= 0.6 is 28.1 Å². The van der Waals surface area contributed by atoms with E-state index in [9.17, 15) is 0 Å². The Morgan fingerprint density at radius 3 is 2.80 bits per heavy atom. The second-order valence-corrected chi connectivity index (χ2v) is 7.90. The topological polar surface area (TPSA) is 33.7 Å².